The molecule has 0 heterocycles. The fourth-order valence-electron chi connectivity index (χ4n) is 3.06. The second-order valence-corrected chi connectivity index (χ2v) is 8.12. The van der Waals surface area contributed by atoms with Gasteiger partial charge in [0.1, 0.15) is 11.5 Å². The molecule has 0 bridgehead atoms. The summed E-state index contributed by atoms with van der Waals surface area (Å²) in [5.41, 5.74) is 0.774. The molecule has 0 aliphatic rings. The zero-order valence-corrected chi connectivity index (χ0v) is 18.0. The first-order valence-corrected chi connectivity index (χ1v) is 12.2. The van der Waals surface area contributed by atoms with Gasteiger partial charge in [0.2, 0.25) is 0 Å². The molecule has 0 radical (unpaired) electrons. The Hall–Kier alpha value is -0.480. The molecule has 4 N–H and O–H groups in total. The van der Waals surface area contributed by atoms with Crippen molar-refractivity contribution in [1.29, 1.82) is 0 Å². The maximum absolute atomic E-state index is 9.10. The summed E-state index contributed by atoms with van der Waals surface area (Å²) in [5.74, 6) is 0.725. The molecule has 0 fully saturated rings. The molecule has 0 saturated carbocycles. The molecule has 27 heavy (non-hydrogen) atoms. The lowest BCUT2D eigenvalue weighted by molar-refractivity contribution is 0.367. The number of benzene rings is 1. The summed E-state index contributed by atoms with van der Waals surface area (Å²) >= 11 is 0. The van der Waals surface area contributed by atoms with Gasteiger partial charge in [-0.1, -0.05) is 71.1 Å². The molecule has 0 unspecified atom stereocenters. The highest BCUT2D eigenvalue weighted by atomic mass is 31.2. The Kier molecular flexibility index (Phi) is 14.0. The fraction of sp³-hybridized carbons (Fsp3) is 0.684. The van der Waals surface area contributed by atoms with Crippen molar-refractivity contribution in [1.82, 2.24) is 0 Å². The zero-order chi connectivity index (χ0) is 19.9. The fourth-order valence-corrected chi connectivity index (χ4v) is 3.72. The molecule has 8 heteroatoms. The van der Waals surface area contributed by atoms with E-state index >= 15 is 0 Å². The molecule has 1 rings (SSSR count). The molecule has 0 aromatic heterocycles. The van der Waals surface area contributed by atoms with E-state index in [9.17, 15) is 0 Å². The minimum atomic E-state index is -2.49. The standard InChI is InChI=1S/C19H34O6P2/c1-2-3-4-5-6-7-8-9-10-11-12-13-17-16-18(24-26(20)21)14-15-19(17)25-27(22)23/h14-16,20-23H,2-13H2,1H3. The van der Waals surface area contributed by atoms with E-state index in [0.717, 1.165) is 18.4 Å². The van der Waals surface area contributed by atoms with Gasteiger partial charge >= 0.3 is 17.2 Å². The number of unbranched alkanes of at least 4 members (excludes halogenated alkanes) is 10. The lowest BCUT2D eigenvalue weighted by Gasteiger charge is -2.13. The van der Waals surface area contributed by atoms with Crippen molar-refractivity contribution in [3.63, 3.8) is 0 Å². The van der Waals surface area contributed by atoms with Crippen LogP contribution in [0.25, 0.3) is 0 Å². The number of hydrogen-bond donors (Lipinski definition) is 4. The Morgan fingerprint density at radius 2 is 1.22 bits per heavy atom. The number of rotatable bonds is 16. The van der Waals surface area contributed by atoms with Crippen LogP contribution in [0.1, 0.15) is 83.1 Å². The zero-order valence-electron chi connectivity index (χ0n) is 16.2. The van der Waals surface area contributed by atoms with Crippen LogP contribution in [0.4, 0.5) is 0 Å². The minimum absolute atomic E-state index is 0.330. The van der Waals surface area contributed by atoms with E-state index in [-0.39, 0.29) is 0 Å². The molecular formula is C19H34O6P2. The average Bonchev–Trinajstić information content (AvgIpc) is 2.60. The van der Waals surface area contributed by atoms with Crippen LogP contribution in [0.2, 0.25) is 0 Å². The molecular weight excluding hydrogens is 386 g/mol. The third kappa shape index (κ3) is 12.6. The topological polar surface area (TPSA) is 99.4 Å². The van der Waals surface area contributed by atoms with Gasteiger partial charge in [-0.3, -0.25) is 0 Å². The monoisotopic (exact) mass is 420 g/mol. The van der Waals surface area contributed by atoms with Crippen LogP contribution in [0.15, 0.2) is 18.2 Å². The van der Waals surface area contributed by atoms with Crippen molar-refractivity contribution in [2.24, 2.45) is 0 Å². The van der Waals surface area contributed by atoms with Crippen LogP contribution in [0.5, 0.6) is 11.5 Å². The van der Waals surface area contributed by atoms with Crippen LogP contribution in [-0.4, -0.2) is 19.6 Å². The molecule has 0 spiro atoms. The molecule has 0 aliphatic carbocycles. The second-order valence-electron chi connectivity index (χ2n) is 6.74. The van der Waals surface area contributed by atoms with E-state index in [1.807, 2.05) is 0 Å². The van der Waals surface area contributed by atoms with Crippen molar-refractivity contribution < 1.29 is 28.6 Å². The van der Waals surface area contributed by atoms with Crippen LogP contribution in [0, 0.1) is 0 Å². The number of hydrogen-bond acceptors (Lipinski definition) is 6. The molecule has 0 saturated heterocycles. The smallest absolute Gasteiger partial charge is 0.391 e. The second kappa shape index (κ2) is 15.4. The molecule has 1 aromatic rings. The third-order valence-electron chi connectivity index (χ3n) is 4.45. The maximum atomic E-state index is 9.10. The van der Waals surface area contributed by atoms with Gasteiger partial charge in [-0.15, -0.1) is 0 Å². The quantitative estimate of drug-likeness (QED) is 0.202. The van der Waals surface area contributed by atoms with Crippen LogP contribution in [-0.2, 0) is 6.42 Å². The van der Waals surface area contributed by atoms with Gasteiger partial charge in [0.25, 0.3) is 0 Å². The first-order valence-electron chi connectivity index (χ1n) is 9.87. The molecule has 156 valence electrons. The van der Waals surface area contributed by atoms with Crippen molar-refractivity contribution in [2.75, 3.05) is 0 Å². The predicted octanol–water partition coefficient (Wildman–Crippen LogP) is 5.72. The SMILES string of the molecule is CCCCCCCCCCCCCc1cc(OP(O)O)ccc1OP(O)O. The van der Waals surface area contributed by atoms with Crippen molar-refractivity contribution in [2.45, 2.75) is 84.0 Å². The van der Waals surface area contributed by atoms with Crippen LogP contribution >= 0.6 is 17.2 Å². The van der Waals surface area contributed by atoms with Gasteiger partial charge in [0, 0.05) is 0 Å². The molecule has 6 nitrogen and oxygen atoms in total. The van der Waals surface area contributed by atoms with Gasteiger partial charge in [-0.05, 0) is 36.6 Å². The minimum Gasteiger partial charge on any atom is -0.427 e. The first kappa shape index (κ1) is 24.6. The summed E-state index contributed by atoms with van der Waals surface area (Å²) in [4.78, 5) is 36.1. The van der Waals surface area contributed by atoms with E-state index in [1.54, 1.807) is 12.1 Å². The summed E-state index contributed by atoms with van der Waals surface area (Å²) in [7, 11) is -4.97. The molecule has 0 amide bonds. The predicted molar refractivity (Wildman–Crippen MR) is 111 cm³/mol. The van der Waals surface area contributed by atoms with E-state index in [2.05, 4.69) is 6.92 Å². The van der Waals surface area contributed by atoms with Crippen LogP contribution < -0.4 is 9.05 Å². The van der Waals surface area contributed by atoms with Gasteiger partial charge in [0.05, 0.1) is 0 Å². The number of aryl methyl sites for hydroxylation is 1. The maximum Gasteiger partial charge on any atom is 0.391 e. The molecule has 1 aromatic carbocycles. The highest BCUT2D eigenvalue weighted by Gasteiger charge is 2.12. The van der Waals surface area contributed by atoms with Gasteiger partial charge in [0.15, 0.2) is 0 Å². The Morgan fingerprint density at radius 1 is 0.704 bits per heavy atom. The van der Waals surface area contributed by atoms with Crippen LogP contribution in [0.3, 0.4) is 0 Å². The largest absolute Gasteiger partial charge is 0.427 e. The van der Waals surface area contributed by atoms with Crippen molar-refractivity contribution in [3.05, 3.63) is 23.8 Å². The molecule has 0 aliphatic heterocycles. The first-order chi connectivity index (χ1) is 13.0. The van der Waals surface area contributed by atoms with Crippen molar-refractivity contribution in [3.8, 4) is 11.5 Å². The van der Waals surface area contributed by atoms with E-state index < -0.39 is 17.2 Å². The Morgan fingerprint density at radius 3 is 1.74 bits per heavy atom. The van der Waals surface area contributed by atoms with Gasteiger partial charge < -0.3 is 28.6 Å². The Balaban J connectivity index is 2.29. The lowest BCUT2D eigenvalue weighted by atomic mass is 10.0. The van der Waals surface area contributed by atoms with E-state index in [0.29, 0.717) is 17.9 Å². The highest BCUT2D eigenvalue weighted by molar-refractivity contribution is 7.40. The van der Waals surface area contributed by atoms with E-state index in [4.69, 9.17) is 28.6 Å². The normalized spacial score (nSPS) is 11.4. The van der Waals surface area contributed by atoms with E-state index in [1.165, 1.54) is 63.9 Å². The summed E-state index contributed by atoms with van der Waals surface area (Å²) in [5, 5.41) is 0. The summed E-state index contributed by atoms with van der Waals surface area (Å²) in [6.45, 7) is 2.24. The Labute approximate surface area is 165 Å². The average molecular weight is 420 g/mol. The third-order valence-corrected chi connectivity index (χ3v) is 5.18. The van der Waals surface area contributed by atoms with Crippen molar-refractivity contribution >= 4 is 17.2 Å². The molecule has 0 atom stereocenters. The summed E-state index contributed by atoms with van der Waals surface area (Å²) in [6, 6.07) is 4.73. The highest BCUT2D eigenvalue weighted by Crippen LogP contribution is 2.37. The summed E-state index contributed by atoms with van der Waals surface area (Å²) < 4.78 is 9.98. The summed E-state index contributed by atoms with van der Waals surface area (Å²) in [6.07, 6.45) is 14.5. The van der Waals surface area contributed by atoms with Gasteiger partial charge in [-0.25, -0.2) is 0 Å². The van der Waals surface area contributed by atoms with Gasteiger partial charge in [-0.2, -0.15) is 0 Å². The lowest BCUT2D eigenvalue weighted by Crippen LogP contribution is -1.95. The Bertz CT molecular complexity index is 499.